The molecule has 21 heavy (non-hydrogen) atoms. The SMILES string of the molecule is CN1CCN(CCCCC(=O)COc2ccccc2)CC1. The topological polar surface area (TPSA) is 32.8 Å². The number of para-hydroxylation sites is 1. The van der Waals surface area contributed by atoms with Gasteiger partial charge in [-0.15, -0.1) is 0 Å². The average molecular weight is 290 g/mol. The van der Waals surface area contributed by atoms with Crippen LogP contribution < -0.4 is 4.74 Å². The third kappa shape index (κ3) is 6.27. The van der Waals surface area contributed by atoms with Crippen molar-refractivity contribution in [3.63, 3.8) is 0 Å². The molecular formula is C17H26N2O2. The second-order valence-electron chi connectivity index (χ2n) is 5.74. The number of Topliss-reactive ketones (excluding diaryl/α,β-unsaturated/α-hetero) is 1. The van der Waals surface area contributed by atoms with E-state index in [0.717, 1.165) is 51.3 Å². The molecule has 0 saturated carbocycles. The van der Waals surface area contributed by atoms with Crippen molar-refractivity contribution in [2.24, 2.45) is 0 Å². The lowest BCUT2D eigenvalue weighted by Gasteiger charge is -2.32. The van der Waals surface area contributed by atoms with E-state index in [4.69, 9.17) is 4.74 Å². The van der Waals surface area contributed by atoms with Crippen LogP contribution in [-0.4, -0.2) is 62.0 Å². The van der Waals surface area contributed by atoms with Crippen LogP contribution in [0.2, 0.25) is 0 Å². The number of ether oxygens (including phenoxy) is 1. The van der Waals surface area contributed by atoms with Gasteiger partial charge in [0.1, 0.15) is 12.4 Å². The van der Waals surface area contributed by atoms with E-state index in [9.17, 15) is 4.79 Å². The molecule has 1 fully saturated rings. The van der Waals surface area contributed by atoms with Gasteiger partial charge in [-0.1, -0.05) is 18.2 Å². The van der Waals surface area contributed by atoms with E-state index in [-0.39, 0.29) is 12.4 Å². The Labute approximate surface area is 127 Å². The van der Waals surface area contributed by atoms with E-state index in [1.54, 1.807) is 0 Å². The molecule has 0 radical (unpaired) electrons. The van der Waals surface area contributed by atoms with Crippen LogP contribution in [0.15, 0.2) is 30.3 Å². The lowest BCUT2D eigenvalue weighted by molar-refractivity contribution is -0.121. The minimum atomic E-state index is 0.192. The first-order valence-electron chi connectivity index (χ1n) is 7.84. The Morgan fingerprint density at radius 3 is 2.52 bits per heavy atom. The summed E-state index contributed by atoms with van der Waals surface area (Å²) in [6, 6.07) is 9.51. The number of unbranched alkanes of at least 4 members (excludes halogenated alkanes) is 1. The summed E-state index contributed by atoms with van der Waals surface area (Å²) in [7, 11) is 2.17. The molecule has 0 unspecified atom stereocenters. The Hall–Kier alpha value is -1.39. The van der Waals surface area contributed by atoms with Gasteiger partial charge in [0.05, 0.1) is 0 Å². The predicted molar refractivity (Wildman–Crippen MR) is 84.7 cm³/mol. The molecule has 1 aromatic carbocycles. The lowest BCUT2D eigenvalue weighted by atomic mass is 10.1. The summed E-state index contributed by atoms with van der Waals surface area (Å²) in [6.07, 6.45) is 2.69. The minimum Gasteiger partial charge on any atom is -0.486 e. The normalized spacial score (nSPS) is 16.8. The predicted octanol–water partition coefficient (Wildman–Crippen LogP) is 2.05. The summed E-state index contributed by atoms with van der Waals surface area (Å²) in [4.78, 5) is 16.6. The molecule has 4 heteroatoms. The highest BCUT2D eigenvalue weighted by atomic mass is 16.5. The molecule has 0 amide bonds. The first-order chi connectivity index (χ1) is 10.2. The molecule has 1 heterocycles. The van der Waals surface area contributed by atoms with Gasteiger partial charge < -0.3 is 14.5 Å². The molecule has 1 aromatic rings. The molecule has 1 aliphatic heterocycles. The monoisotopic (exact) mass is 290 g/mol. The first kappa shape index (κ1) is 16.0. The summed E-state index contributed by atoms with van der Waals surface area (Å²) in [5.74, 6) is 0.959. The van der Waals surface area contributed by atoms with E-state index >= 15 is 0 Å². The summed E-state index contributed by atoms with van der Waals surface area (Å²) < 4.78 is 5.46. The highest BCUT2D eigenvalue weighted by molar-refractivity contribution is 5.79. The van der Waals surface area contributed by atoms with Crippen LogP contribution in [0.5, 0.6) is 5.75 Å². The maximum atomic E-state index is 11.8. The largest absolute Gasteiger partial charge is 0.486 e. The maximum absolute atomic E-state index is 11.8. The van der Waals surface area contributed by atoms with Crippen molar-refractivity contribution >= 4 is 5.78 Å². The Morgan fingerprint density at radius 1 is 1.10 bits per heavy atom. The second-order valence-corrected chi connectivity index (χ2v) is 5.74. The van der Waals surface area contributed by atoms with Crippen molar-refractivity contribution < 1.29 is 9.53 Å². The third-order valence-corrected chi connectivity index (χ3v) is 3.92. The molecule has 0 N–H and O–H groups in total. The molecule has 1 aliphatic rings. The van der Waals surface area contributed by atoms with Crippen LogP contribution in [0.4, 0.5) is 0 Å². The first-order valence-corrected chi connectivity index (χ1v) is 7.84. The van der Waals surface area contributed by atoms with Crippen molar-refractivity contribution in [2.45, 2.75) is 19.3 Å². The maximum Gasteiger partial charge on any atom is 0.170 e. The molecule has 4 nitrogen and oxygen atoms in total. The van der Waals surface area contributed by atoms with Crippen molar-refractivity contribution in [3.05, 3.63) is 30.3 Å². The van der Waals surface area contributed by atoms with Crippen LogP contribution in [0.3, 0.4) is 0 Å². The molecule has 0 aliphatic carbocycles. The Bertz CT molecular complexity index is 414. The zero-order valence-corrected chi connectivity index (χ0v) is 13.0. The van der Waals surface area contributed by atoms with Gasteiger partial charge in [0.2, 0.25) is 0 Å². The van der Waals surface area contributed by atoms with E-state index in [1.807, 2.05) is 30.3 Å². The Morgan fingerprint density at radius 2 is 1.81 bits per heavy atom. The molecule has 116 valence electrons. The fourth-order valence-corrected chi connectivity index (χ4v) is 2.48. The molecule has 0 atom stereocenters. The summed E-state index contributed by atoms with van der Waals surface area (Å²) in [5, 5.41) is 0. The van der Waals surface area contributed by atoms with Crippen LogP contribution in [0, 0.1) is 0 Å². The van der Waals surface area contributed by atoms with Gasteiger partial charge in [-0.05, 0) is 38.6 Å². The van der Waals surface area contributed by atoms with Crippen LogP contribution in [0.1, 0.15) is 19.3 Å². The number of likely N-dealkylation sites (N-methyl/N-ethyl adjacent to an activating group) is 1. The standard InChI is InChI=1S/C17H26N2O2/c1-18-11-13-19(14-12-18)10-6-5-7-16(20)15-21-17-8-3-2-4-9-17/h2-4,8-9H,5-7,10-15H2,1H3. The second kappa shape index (κ2) is 8.80. The fraction of sp³-hybridized carbons (Fsp3) is 0.588. The van der Waals surface area contributed by atoms with Gasteiger partial charge in [0, 0.05) is 32.6 Å². The van der Waals surface area contributed by atoms with E-state index in [2.05, 4.69) is 16.8 Å². The Kier molecular flexibility index (Phi) is 6.70. The van der Waals surface area contributed by atoms with E-state index in [1.165, 1.54) is 0 Å². The molecule has 0 bridgehead atoms. The van der Waals surface area contributed by atoms with Gasteiger partial charge in [-0.3, -0.25) is 4.79 Å². The fourth-order valence-electron chi connectivity index (χ4n) is 2.48. The van der Waals surface area contributed by atoms with Crippen molar-refractivity contribution in [1.29, 1.82) is 0 Å². The lowest BCUT2D eigenvalue weighted by Crippen LogP contribution is -2.44. The van der Waals surface area contributed by atoms with E-state index < -0.39 is 0 Å². The van der Waals surface area contributed by atoms with Crippen molar-refractivity contribution in [1.82, 2.24) is 9.80 Å². The summed E-state index contributed by atoms with van der Waals surface area (Å²) >= 11 is 0. The van der Waals surface area contributed by atoms with Gasteiger partial charge in [0.25, 0.3) is 0 Å². The van der Waals surface area contributed by atoms with Gasteiger partial charge in [0.15, 0.2) is 5.78 Å². The Balaban J connectivity index is 1.51. The number of piperazine rings is 1. The highest BCUT2D eigenvalue weighted by Gasteiger charge is 2.13. The number of hydrogen-bond donors (Lipinski definition) is 0. The number of nitrogens with zero attached hydrogens (tertiary/aromatic N) is 2. The molecular weight excluding hydrogens is 264 g/mol. The third-order valence-electron chi connectivity index (χ3n) is 3.92. The summed E-state index contributed by atoms with van der Waals surface area (Å²) in [5.41, 5.74) is 0. The van der Waals surface area contributed by atoms with Gasteiger partial charge in [-0.2, -0.15) is 0 Å². The van der Waals surface area contributed by atoms with Crippen LogP contribution in [-0.2, 0) is 4.79 Å². The summed E-state index contributed by atoms with van der Waals surface area (Å²) in [6.45, 7) is 5.93. The highest BCUT2D eigenvalue weighted by Crippen LogP contribution is 2.09. The number of carbonyl (C=O) groups excluding carboxylic acids is 1. The number of hydrogen-bond acceptors (Lipinski definition) is 4. The van der Waals surface area contributed by atoms with Crippen LogP contribution >= 0.6 is 0 Å². The molecule has 0 aromatic heterocycles. The molecule has 1 saturated heterocycles. The van der Waals surface area contributed by atoms with E-state index in [0.29, 0.717) is 6.42 Å². The zero-order chi connectivity index (χ0) is 14.9. The molecule has 2 rings (SSSR count). The number of ketones is 1. The number of rotatable bonds is 8. The number of carbonyl (C=O) groups is 1. The van der Waals surface area contributed by atoms with Crippen molar-refractivity contribution in [2.75, 3.05) is 46.4 Å². The zero-order valence-electron chi connectivity index (χ0n) is 13.0. The smallest absolute Gasteiger partial charge is 0.170 e. The van der Waals surface area contributed by atoms with Gasteiger partial charge in [-0.25, -0.2) is 0 Å². The van der Waals surface area contributed by atoms with Crippen molar-refractivity contribution in [3.8, 4) is 5.75 Å². The number of benzene rings is 1. The average Bonchev–Trinajstić information content (AvgIpc) is 2.52. The minimum absolute atomic E-state index is 0.192. The van der Waals surface area contributed by atoms with Gasteiger partial charge >= 0.3 is 0 Å². The molecule has 0 spiro atoms. The van der Waals surface area contributed by atoms with Crippen LogP contribution in [0.25, 0.3) is 0 Å². The quantitative estimate of drug-likeness (QED) is 0.686.